The molecule has 0 aromatic heterocycles. The highest BCUT2D eigenvalue weighted by Gasteiger charge is 2.26. The van der Waals surface area contributed by atoms with Crippen molar-refractivity contribution in [3.8, 4) is 0 Å². The number of hydrogen-bond acceptors (Lipinski definition) is 5. The third-order valence-electron chi connectivity index (χ3n) is 2.68. The van der Waals surface area contributed by atoms with Crippen molar-refractivity contribution in [2.75, 3.05) is 6.54 Å². The van der Waals surface area contributed by atoms with E-state index in [9.17, 15) is 19.2 Å². The van der Waals surface area contributed by atoms with E-state index in [2.05, 4.69) is 15.6 Å². The molecule has 0 aliphatic rings. The number of amides is 3. The van der Waals surface area contributed by atoms with Gasteiger partial charge in [0.25, 0.3) is 0 Å². The van der Waals surface area contributed by atoms with Crippen molar-refractivity contribution in [3.05, 3.63) is 0 Å². The largest absolute Gasteiger partial charge is 0.481 e. The van der Waals surface area contributed by atoms with Crippen LogP contribution in [-0.4, -0.2) is 53.4 Å². The van der Waals surface area contributed by atoms with E-state index < -0.39 is 42.2 Å². The minimum Gasteiger partial charge on any atom is -0.481 e. The number of guanidine groups is 1. The number of primary amides is 1. The molecule has 0 spiro atoms. The van der Waals surface area contributed by atoms with Crippen LogP contribution in [0.1, 0.15) is 26.2 Å². The molecule has 0 radical (unpaired) electrons. The number of carbonyl (C=O) groups excluding carboxylic acids is 3. The molecule has 3 amide bonds. The zero-order valence-corrected chi connectivity index (χ0v) is 12.7. The third-order valence-corrected chi connectivity index (χ3v) is 2.68. The summed E-state index contributed by atoms with van der Waals surface area (Å²) in [6, 6.07) is -2.33. The van der Waals surface area contributed by atoms with Gasteiger partial charge < -0.3 is 32.9 Å². The predicted molar refractivity (Wildman–Crippen MR) is 80.9 cm³/mol. The Balaban J connectivity index is 4.76. The van der Waals surface area contributed by atoms with Crippen LogP contribution in [-0.2, 0) is 19.2 Å². The number of hydrogen-bond donors (Lipinski definition) is 6. The second kappa shape index (κ2) is 9.97. The Bertz CT molecular complexity index is 488. The Labute approximate surface area is 132 Å². The molecule has 0 aromatic rings. The molecule has 0 heterocycles. The van der Waals surface area contributed by atoms with Gasteiger partial charge in [0.15, 0.2) is 5.96 Å². The third kappa shape index (κ3) is 9.66. The normalized spacial score (nSPS) is 12.6. The number of nitrogens with zero attached hydrogens (tertiary/aromatic N) is 1. The Morgan fingerprint density at radius 3 is 2.13 bits per heavy atom. The second-order valence-electron chi connectivity index (χ2n) is 4.76. The van der Waals surface area contributed by atoms with Gasteiger partial charge in [-0.15, -0.1) is 0 Å². The van der Waals surface area contributed by atoms with Gasteiger partial charge in [-0.3, -0.25) is 24.2 Å². The summed E-state index contributed by atoms with van der Waals surface area (Å²) in [6.07, 6.45) is -0.0704. The minimum atomic E-state index is -1.37. The fourth-order valence-electron chi connectivity index (χ4n) is 1.69. The van der Waals surface area contributed by atoms with E-state index >= 15 is 0 Å². The van der Waals surface area contributed by atoms with Gasteiger partial charge in [-0.05, 0) is 12.8 Å². The van der Waals surface area contributed by atoms with E-state index in [-0.39, 0.29) is 18.9 Å². The van der Waals surface area contributed by atoms with Gasteiger partial charge in [0, 0.05) is 13.5 Å². The molecular formula is C12H22N6O5. The summed E-state index contributed by atoms with van der Waals surface area (Å²) >= 11 is 0. The zero-order chi connectivity index (χ0) is 18.0. The van der Waals surface area contributed by atoms with Gasteiger partial charge in [0.1, 0.15) is 12.1 Å². The van der Waals surface area contributed by atoms with E-state index in [0.29, 0.717) is 6.42 Å². The molecule has 11 heteroatoms. The van der Waals surface area contributed by atoms with E-state index in [1.807, 2.05) is 0 Å². The lowest BCUT2D eigenvalue weighted by molar-refractivity contribution is -0.140. The molecule has 0 aliphatic heterocycles. The molecule has 2 atom stereocenters. The van der Waals surface area contributed by atoms with Crippen LogP contribution in [0.25, 0.3) is 0 Å². The first kappa shape index (κ1) is 20.1. The van der Waals surface area contributed by atoms with Crippen molar-refractivity contribution in [3.63, 3.8) is 0 Å². The summed E-state index contributed by atoms with van der Waals surface area (Å²) in [5.41, 5.74) is 15.4. The molecule has 0 saturated heterocycles. The summed E-state index contributed by atoms with van der Waals surface area (Å²) in [5, 5.41) is 13.3. The molecule has 2 unspecified atom stereocenters. The molecule has 23 heavy (non-hydrogen) atoms. The summed E-state index contributed by atoms with van der Waals surface area (Å²) in [5.74, 6) is -3.54. The number of carboxylic acid groups (broad SMARTS) is 1. The SMILES string of the molecule is CC(=O)NC(CCCN=C(N)N)C(=O)NC(CC(=O)O)C(N)=O. The van der Waals surface area contributed by atoms with Crippen molar-refractivity contribution >= 4 is 29.7 Å². The fraction of sp³-hybridized carbons (Fsp3) is 0.583. The van der Waals surface area contributed by atoms with Crippen LogP contribution in [0.3, 0.4) is 0 Å². The maximum Gasteiger partial charge on any atom is 0.305 e. The average Bonchev–Trinajstić information content (AvgIpc) is 2.39. The zero-order valence-electron chi connectivity index (χ0n) is 12.7. The summed E-state index contributed by atoms with van der Waals surface area (Å²) in [6.45, 7) is 1.47. The van der Waals surface area contributed by atoms with Gasteiger partial charge in [-0.2, -0.15) is 0 Å². The predicted octanol–water partition coefficient (Wildman–Crippen LogP) is -3.01. The quantitative estimate of drug-likeness (QED) is 0.139. The van der Waals surface area contributed by atoms with Gasteiger partial charge in [-0.1, -0.05) is 0 Å². The Hall–Kier alpha value is -2.85. The smallest absolute Gasteiger partial charge is 0.305 e. The van der Waals surface area contributed by atoms with Crippen molar-refractivity contribution in [2.45, 2.75) is 38.3 Å². The van der Waals surface area contributed by atoms with Crippen molar-refractivity contribution in [1.29, 1.82) is 0 Å². The van der Waals surface area contributed by atoms with Crippen molar-refractivity contribution in [2.24, 2.45) is 22.2 Å². The van der Waals surface area contributed by atoms with Crippen LogP contribution in [0.15, 0.2) is 4.99 Å². The van der Waals surface area contributed by atoms with E-state index in [4.69, 9.17) is 22.3 Å². The van der Waals surface area contributed by atoms with Crippen LogP contribution in [0.4, 0.5) is 0 Å². The number of carbonyl (C=O) groups is 4. The molecule has 0 aromatic carbocycles. The van der Waals surface area contributed by atoms with E-state index in [1.165, 1.54) is 6.92 Å². The fourth-order valence-corrected chi connectivity index (χ4v) is 1.69. The van der Waals surface area contributed by atoms with Gasteiger partial charge >= 0.3 is 5.97 Å². The van der Waals surface area contributed by atoms with Crippen molar-refractivity contribution in [1.82, 2.24) is 10.6 Å². The number of nitrogens with one attached hydrogen (secondary N) is 2. The molecule has 0 fully saturated rings. The first-order valence-corrected chi connectivity index (χ1v) is 6.77. The number of aliphatic imine (C=N–C) groups is 1. The van der Waals surface area contributed by atoms with E-state index in [1.54, 1.807) is 0 Å². The summed E-state index contributed by atoms with van der Waals surface area (Å²) in [4.78, 5) is 48.8. The van der Waals surface area contributed by atoms with Crippen LogP contribution >= 0.6 is 0 Å². The standard InChI is InChI=1S/C12H22N6O5/c1-6(19)17-7(3-2-4-16-12(14)15)11(23)18-8(10(13)22)5-9(20)21/h7-8H,2-5H2,1H3,(H2,13,22)(H,17,19)(H,18,23)(H,20,21)(H4,14,15,16). The number of nitrogens with two attached hydrogens (primary N) is 3. The lowest BCUT2D eigenvalue weighted by atomic mass is 10.1. The number of aliphatic carboxylic acids is 1. The Morgan fingerprint density at radius 1 is 1.09 bits per heavy atom. The first-order valence-electron chi connectivity index (χ1n) is 6.77. The molecule has 130 valence electrons. The van der Waals surface area contributed by atoms with Gasteiger partial charge in [0.05, 0.1) is 6.42 Å². The van der Waals surface area contributed by atoms with Crippen LogP contribution < -0.4 is 27.8 Å². The van der Waals surface area contributed by atoms with E-state index in [0.717, 1.165) is 0 Å². The Kier molecular flexibility index (Phi) is 8.74. The van der Waals surface area contributed by atoms with Crippen LogP contribution in [0.2, 0.25) is 0 Å². The summed E-state index contributed by atoms with van der Waals surface area (Å²) < 4.78 is 0. The second-order valence-corrected chi connectivity index (χ2v) is 4.76. The molecular weight excluding hydrogens is 308 g/mol. The van der Waals surface area contributed by atoms with Crippen molar-refractivity contribution < 1.29 is 24.3 Å². The minimum absolute atomic E-state index is 0.0965. The molecule has 11 nitrogen and oxygen atoms in total. The molecule has 0 aliphatic carbocycles. The number of carboxylic acids is 1. The highest BCUT2D eigenvalue weighted by molar-refractivity contribution is 5.92. The molecule has 0 bridgehead atoms. The van der Waals surface area contributed by atoms with Gasteiger partial charge in [0.2, 0.25) is 17.7 Å². The molecule has 0 saturated carbocycles. The first-order chi connectivity index (χ1) is 10.6. The Morgan fingerprint density at radius 2 is 1.70 bits per heavy atom. The highest BCUT2D eigenvalue weighted by atomic mass is 16.4. The monoisotopic (exact) mass is 330 g/mol. The lowest BCUT2D eigenvalue weighted by Gasteiger charge is -2.20. The maximum absolute atomic E-state index is 12.1. The molecule has 0 rings (SSSR count). The maximum atomic E-state index is 12.1. The van der Waals surface area contributed by atoms with Crippen LogP contribution in [0, 0.1) is 0 Å². The highest BCUT2D eigenvalue weighted by Crippen LogP contribution is 2.01. The average molecular weight is 330 g/mol. The van der Waals surface area contributed by atoms with Gasteiger partial charge in [-0.25, -0.2) is 0 Å². The number of rotatable bonds is 10. The molecule has 9 N–H and O–H groups in total. The summed E-state index contributed by atoms with van der Waals surface area (Å²) in [7, 11) is 0. The van der Waals surface area contributed by atoms with Crippen LogP contribution in [0.5, 0.6) is 0 Å². The topological polar surface area (TPSA) is 203 Å². The lowest BCUT2D eigenvalue weighted by Crippen LogP contribution is -2.53.